The molecule has 1 fully saturated rings. The highest BCUT2D eigenvalue weighted by atomic mass is 79.9. The molecule has 4 rings (SSSR count). The van der Waals surface area contributed by atoms with E-state index in [-0.39, 0.29) is 11.9 Å². The number of halogens is 2. The van der Waals surface area contributed by atoms with Crippen molar-refractivity contribution in [2.24, 2.45) is 10.5 Å². The van der Waals surface area contributed by atoms with Gasteiger partial charge in [-0.3, -0.25) is 4.79 Å². The maximum absolute atomic E-state index is 14.0. The van der Waals surface area contributed by atoms with Gasteiger partial charge in [0.1, 0.15) is 11.5 Å². The summed E-state index contributed by atoms with van der Waals surface area (Å²) in [6.45, 7) is 1.83. The third-order valence-electron chi connectivity index (χ3n) is 6.26. The van der Waals surface area contributed by atoms with E-state index in [1.165, 1.54) is 24.5 Å². The van der Waals surface area contributed by atoms with Crippen molar-refractivity contribution in [1.29, 1.82) is 5.26 Å². The summed E-state index contributed by atoms with van der Waals surface area (Å²) in [5, 5.41) is 17.1. The minimum atomic E-state index is -1.08. The fraction of sp³-hybridized carbons (Fsp3) is 0.391. The molecular weight excluding hydrogens is 507 g/mol. The van der Waals surface area contributed by atoms with Crippen molar-refractivity contribution in [1.82, 2.24) is 20.7 Å². The van der Waals surface area contributed by atoms with Crippen LogP contribution < -0.4 is 10.7 Å². The Labute approximate surface area is 203 Å². The number of nitriles is 1. The molecule has 2 amide bonds. The fourth-order valence-corrected chi connectivity index (χ4v) is 5.05. The maximum atomic E-state index is 14.0. The molecular formula is C23H22BrFN6O3. The fourth-order valence-electron chi connectivity index (χ4n) is 4.61. The lowest BCUT2D eigenvalue weighted by molar-refractivity contribution is 0.00352. The minimum Gasteiger partial charge on any atom is -0.435 e. The molecule has 1 saturated carbocycles. The largest absolute Gasteiger partial charge is 0.435 e. The normalized spacial score (nSPS) is 24.9. The van der Waals surface area contributed by atoms with Gasteiger partial charge in [-0.05, 0) is 63.3 Å². The van der Waals surface area contributed by atoms with Gasteiger partial charge in [0.05, 0.1) is 11.5 Å². The highest BCUT2D eigenvalue weighted by Gasteiger charge is 2.51. The molecule has 1 aliphatic carbocycles. The van der Waals surface area contributed by atoms with Crippen LogP contribution in [0.5, 0.6) is 0 Å². The van der Waals surface area contributed by atoms with Gasteiger partial charge in [-0.1, -0.05) is 15.9 Å². The van der Waals surface area contributed by atoms with Gasteiger partial charge >= 0.3 is 6.09 Å². The lowest BCUT2D eigenvalue weighted by Gasteiger charge is -2.45. The molecule has 9 nitrogen and oxygen atoms in total. The van der Waals surface area contributed by atoms with Gasteiger partial charge in [0.25, 0.3) is 5.91 Å². The SMILES string of the molecule is C[C@@H](CC1(C#N)CCC2(CC1)OC(=O)NN=C2c1cc(F)ccc1Br)NC(=O)c1ncccn1. The van der Waals surface area contributed by atoms with E-state index in [2.05, 4.69) is 47.8 Å². The van der Waals surface area contributed by atoms with Gasteiger partial charge in [0.2, 0.25) is 5.82 Å². The molecule has 2 heterocycles. The Kier molecular flexibility index (Phi) is 6.61. The van der Waals surface area contributed by atoms with Crippen molar-refractivity contribution in [2.75, 3.05) is 0 Å². The molecule has 2 aliphatic rings. The van der Waals surface area contributed by atoms with Gasteiger partial charge in [-0.2, -0.15) is 10.4 Å². The first-order valence-electron chi connectivity index (χ1n) is 10.8. The number of hydrazone groups is 1. The smallest absolute Gasteiger partial charge is 0.428 e. The quantitative estimate of drug-likeness (QED) is 0.606. The van der Waals surface area contributed by atoms with Gasteiger partial charge in [0, 0.05) is 28.5 Å². The van der Waals surface area contributed by atoms with Crippen LogP contribution in [-0.4, -0.2) is 39.3 Å². The number of amides is 2. The number of nitrogens with one attached hydrogen (secondary N) is 2. The van der Waals surface area contributed by atoms with E-state index in [9.17, 15) is 19.2 Å². The van der Waals surface area contributed by atoms with Crippen LogP contribution in [0.1, 0.15) is 55.2 Å². The number of carbonyl (C=O) groups is 2. The summed E-state index contributed by atoms with van der Waals surface area (Å²) in [5.41, 5.74) is 1.38. The first-order chi connectivity index (χ1) is 16.3. The minimum absolute atomic E-state index is 0.0612. The maximum Gasteiger partial charge on any atom is 0.428 e. The average Bonchev–Trinajstić information content (AvgIpc) is 2.83. The molecule has 2 N–H and O–H groups in total. The molecule has 1 spiro atoms. The van der Waals surface area contributed by atoms with Crippen LogP contribution in [0, 0.1) is 22.6 Å². The number of benzene rings is 1. The molecule has 0 saturated heterocycles. The van der Waals surface area contributed by atoms with E-state index in [1.807, 2.05) is 6.92 Å². The van der Waals surface area contributed by atoms with Crippen molar-refractivity contribution in [2.45, 2.75) is 50.7 Å². The number of nitrogens with zero attached hydrogens (tertiary/aromatic N) is 4. The third kappa shape index (κ3) is 4.77. The zero-order valence-electron chi connectivity index (χ0n) is 18.3. The standard InChI is InChI=1S/C23H22BrFN6O3/c1-14(29-20(32)19-27-9-2-10-28-19)12-22(13-26)5-7-23(8-6-22)18(30-31-21(33)34-23)16-11-15(25)3-4-17(16)24/h2-4,9-11,14H,5-8,12H2,1H3,(H,29,32)(H,31,33)/t14-,22?,23?/m0/s1. The van der Waals surface area contributed by atoms with Crippen LogP contribution >= 0.6 is 15.9 Å². The van der Waals surface area contributed by atoms with Crippen LogP contribution in [0.25, 0.3) is 0 Å². The summed E-state index contributed by atoms with van der Waals surface area (Å²) in [6.07, 6.45) is 4.16. The van der Waals surface area contributed by atoms with Crippen LogP contribution in [0.4, 0.5) is 9.18 Å². The zero-order chi connectivity index (χ0) is 24.3. The number of ether oxygens (including phenoxy) is 1. The van der Waals surface area contributed by atoms with Crippen LogP contribution in [0.2, 0.25) is 0 Å². The molecule has 0 radical (unpaired) electrons. The Balaban J connectivity index is 1.51. The van der Waals surface area contributed by atoms with Crippen molar-refractivity contribution in [3.05, 3.63) is 58.3 Å². The molecule has 176 valence electrons. The number of hydrogen-bond donors (Lipinski definition) is 2. The first-order valence-corrected chi connectivity index (χ1v) is 11.6. The highest BCUT2D eigenvalue weighted by Crippen LogP contribution is 2.47. The second kappa shape index (κ2) is 9.46. The van der Waals surface area contributed by atoms with Crippen LogP contribution in [-0.2, 0) is 4.74 Å². The number of aromatic nitrogens is 2. The first kappa shape index (κ1) is 23.8. The van der Waals surface area contributed by atoms with Gasteiger partial charge in [0.15, 0.2) is 5.60 Å². The topological polar surface area (TPSA) is 129 Å². The molecule has 2 aromatic rings. The lowest BCUT2D eigenvalue weighted by atomic mass is 9.65. The summed E-state index contributed by atoms with van der Waals surface area (Å²) < 4.78 is 20.3. The predicted octanol–water partition coefficient (Wildman–Crippen LogP) is 3.85. The molecule has 11 heteroatoms. The Morgan fingerprint density at radius 1 is 1.32 bits per heavy atom. The van der Waals surface area contributed by atoms with E-state index in [4.69, 9.17) is 4.74 Å². The highest BCUT2D eigenvalue weighted by molar-refractivity contribution is 9.10. The summed E-state index contributed by atoms with van der Waals surface area (Å²) in [7, 11) is 0. The lowest BCUT2D eigenvalue weighted by Crippen LogP contribution is -2.54. The number of rotatable bonds is 5. The van der Waals surface area contributed by atoms with Crippen LogP contribution in [0.3, 0.4) is 0 Å². The Morgan fingerprint density at radius 3 is 2.71 bits per heavy atom. The second-order valence-corrected chi connectivity index (χ2v) is 9.48. The zero-order valence-corrected chi connectivity index (χ0v) is 19.9. The van der Waals surface area contributed by atoms with E-state index in [1.54, 1.807) is 12.1 Å². The summed E-state index contributed by atoms with van der Waals surface area (Å²) in [5.74, 6) is -0.792. The monoisotopic (exact) mass is 528 g/mol. The van der Waals surface area contributed by atoms with E-state index >= 15 is 0 Å². The summed E-state index contributed by atoms with van der Waals surface area (Å²) in [4.78, 5) is 32.4. The Hall–Kier alpha value is -3.39. The van der Waals surface area contributed by atoms with Gasteiger partial charge < -0.3 is 10.1 Å². The van der Waals surface area contributed by atoms with E-state index in [0.717, 1.165) is 0 Å². The molecule has 1 atom stereocenters. The Morgan fingerprint density at radius 2 is 2.03 bits per heavy atom. The van der Waals surface area contributed by atoms with Crippen molar-refractivity contribution in [3.8, 4) is 6.07 Å². The van der Waals surface area contributed by atoms with Gasteiger partial charge in [-0.25, -0.2) is 24.6 Å². The molecule has 34 heavy (non-hydrogen) atoms. The summed E-state index contributed by atoms with van der Waals surface area (Å²) in [6, 6.07) is 7.95. The van der Waals surface area contributed by atoms with Crippen molar-refractivity contribution in [3.63, 3.8) is 0 Å². The molecule has 1 aliphatic heterocycles. The van der Waals surface area contributed by atoms with Crippen molar-refractivity contribution < 1.29 is 18.7 Å². The average molecular weight is 529 g/mol. The number of carbonyl (C=O) groups excluding carboxylic acids is 2. The molecule has 0 unspecified atom stereocenters. The summed E-state index contributed by atoms with van der Waals surface area (Å²) >= 11 is 3.42. The van der Waals surface area contributed by atoms with Crippen LogP contribution in [0.15, 0.2) is 46.2 Å². The number of hydrogen-bond acceptors (Lipinski definition) is 7. The second-order valence-electron chi connectivity index (χ2n) is 8.62. The van der Waals surface area contributed by atoms with Gasteiger partial charge in [-0.15, -0.1) is 0 Å². The Bertz CT molecular complexity index is 1170. The molecule has 1 aromatic carbocycles. The van der Waals surface area contributed by atoms with Crippen molar-refractivity contribution >= 4 is 33.6 Å². The van der Waals surface area contributed by atoms with E-state index < -0.39 is 28.8 Å². The molecule has 1 aromatic heterocycles. The van der Waals surface area contributed by atoms with E-state index in [0.29, 0.717) is 47.9 Å². The predicted molar refractivity (Wildman–Crippen MR) is 123 cm³/mol. The molecule has 0 bridgehead atoms. The third-order valence-corrected chi connectivity index (χ3v) is 6.95.